The van der Waals surface area contributed by atoms with Crippen LogP contribution in [0.15, 0.2) is 121 Å². The second-order valence-electron chi connectivity index (χ2n) is 11.2. The molecule has 0 radical (unpaired) electrons. The van der Waals surface area contributed by atoms with Crippen molar-refractivity contribution in [1.82, 2.24) is 0 Å². The highest BCUT2D eigenvalue weighted by Crippen LogP contribution is 2.52. The third-order valence-electron chi connectivity index (χ3n) is 9.37. The van der Waals surface area contributed by atoms with E-state index in [9.17, 15) is 0 Å². The maximum Gasteiger partial charge on any atom is -0.000683 e. The number of benzene rings is 9. The van der Waals surface area contributed by atoms with Crippen molar-refractivity contribution < 1.29 is 0 Å². The minimum atomic E-state index is 0.959. The van der Waals surface area contributed by atoms with Crippen molar-refractivity contribution >= 4 is 75.4 Å². The van der Waals surface area contributed by atoms with Gasteiger partial charge in [-0.15, -0.1) is 0 Å². The SMILES string of the molecule is c1ccc2c3c(ccc2c1)-c1c2ccccc2c2ccc4c5ccc6ccccc6c5cc5cc(c1c2c54)C3. The average molecular weight is 491 g/mol. The van der Waals surface area contributed by atoms with Crippen molar-refractivity contribution in [3.8, 4) is 11.1 Å². The van der Waals surface area contributed by atoms with Crippen molar-refractivity contribution in [3.05, 3.63) is 132 Å². The molecule has 0 aliphatic heterocycles. The fourth-order valence-corrected chi connectivity index (χ4v) is 7.79. The van der Waals surface area contributed by atoms with Crippen LogP contribution in [0.5, 0.6) is 0 Å². The van der Waals surface area contributed by atoms with E-state index in [1.165, 1.54) is 97.7 Å². The standard InChI is InChI=1S/C39H22/c1-3-9-26-22(7-1)13-15-29-31-17-18-32-28-11-5-6-12-30(28)38-33-16-14-23-8-2-4-10-27(23)35(33)21-25-19-24(20-34(26)29)36(31)39(32)37(25)38/h1-20H,21H2. The van der Waals surface area contributed by atoms with Crippen LogP contribution in [0.2, 0.25) is 0 Å². The lowest BCUT2D eigenvalue weighted by Gasteiger charge is -2.27. The Morgan fingerprint density at radius 2 is 0.974 bits per heavy atom. The van der Waals surface area contributed by atoms with Crippen LogP contribution >= 0.6 is 0 Å². The van der Waals surface area contributed by atoms with Gasteiger partial charge in [0, 0.05) is 0 Å². The molecule has 0 N–H and O–H groups in total. The van der Waals surface area contributed by atoms with Crippen molar-refractivity contribution in [2.75, 3.05) is 0 Å². The summed E-state index contributed by atoms with van der Waals surface area (Å²) in [5.74, 6) is 0. The monoisotopic (exact) mass is 490 g/mol. The van der Waals surface area contributed by atoms with Gasteiger partial charge < -0.3 is 0 Å². The van der Waals surface area contributed by atoms with Gasteiger partial charge in [0.05, 0.1) is 0 Å². The second kappa shape index (κ2) is 6.92. The highest BCUT2D eigenvalue weighted by Gasteiger charge is 2.26. The molecule has 0 aromatic heterocycles. The Bertz CT molecular complexity index is 2510. The molecule has 9 aromatic carbocycles. The van der Waals surface area contributed by atoms with E-state index in [-0.39, 0.29) is 0 Å². The number of fused-ring (bicyclic) bond motifs is 11. The molecule has 0 fully saturated rings. The summed E-state index contributed by atoms with van der Waals surface area (Å²) >= 11 is 0. The molecule has 0 spiro atoms. The third kappa shape index (κ3) is 2.41. The van der Waals surface area contributed by atoms with Crippen molar-refractivity contribution in [2.24, 2.45) is 0 Å². The van der Waals surface area contributed by atoms with Crippen molar-refractivity contribution in [1.29, 1.82) is 0 Å². The lowest BCUT2D eigenvalue weighted by molar-refractivity contribution is 1.23. The largest absolute Gasteiger partial charge is 0.0616 e. The van der Waals surface area contributed by atoms with Crippen LogP contribution in [0.3, 0.4) is 0 Å². The summed E-state index contributed by atoms with van der Waals surface area (Å²) in [4.78, 5) is 0. The van der Waals surface area contributed by atoms with Gasteiger partial charge in [0.1, 0.15) is 0 Å². The molecule has 0 nitrogen and oxygen atoms in total. The van der Waals surface area contributed by atoms with Gasteiger partial charge in [-0.05, 0) is 110 Å². The van der Waals surface area contributed by atoms with Gasteiger partial charge in [0.2, 0.25) is 0 Å². The Balaban J connectivity index is 1.49. The first-order valence-corrected chi connectivity index (χ1v) is 13.8. The zero-order chi connectivity index (χ0) is 25.2. The molecule has 0 heteroatoms. The minimum absolute atomic E-state index is 0.959. The molecule has 0 saturated heterocycles. The van der Waals surface area contributed by atoms with Gasteiger partial charge in [-0.25, -0.2) is 0 Å². The van der Waals surface area contributed by atoms with Gasteiger partial charge in [-0.1, -0.05) is 115 Å². The third-order valence-corrected chi connectivity index (χ3v) is 9.37. The Labute approximate surface area is 225 Å². The van der Waals surface area contributed by atoms with Gasteiger partial charge in [-0.2, -0.15) is 0 Å². The molecule has 39 heavy (non-hydrogen) atoms. The average Bonchev–Trinajstić information content (AvgIpc) is 3.00. The predicted molar refractivity (Wildman–Crippen MR) is 168 cm³/mol. The molecule has 0 unspecified atom stereocenters. The lowest BCUT2D eigenvalue weighted by Crippen LogP contribution is -2.04. The van der Waals surface area contributed by atoms with Gasteiger partial charge in [0.25, 0.3) is 0 Å². The molecule has 0 amide bonds. The van der Waals surface area contributed by atoms with Crippen LogP contribution in [0.25, 0.3) is 86.5 Å². The van der Waals surface area contributed by atoms with E-state index in [0.29, 0.717) is 0 Å². The molecule has 10 rings (SSSR count). The van der Waals surface area contributed by atoms with Crippen molar-refractivity contribution in [2.45, 2.75) is 6.42 Å². The van der Waals surface area contributed by atoms with Gasteiger partial charge >= 0.3 is 0 Å². The zero-order valence-electron chi connectivity index (χ0n) is 21.3. The number of rotatable bonds is 0. The number of hydrogen-bond acceptors (Lipinski definition) is 0. The fourth-order valence-electron chi connectivity index (χ4n) is 7.79. The number of hydrogen-bond donors (Lipinski definition) is 0. The highest BCUT2D eigenvalue weighted by atomic mass is 14.3. The van der Waals surface area contributed by atoms with Gasteiger partial charge in [0.15, 0.2) is 0 Å². The predicted octanol–water partition coefficient (Wildman–Crippen LogP) is 10.8. The van der Waals surface area contributed by atoms with E-state index in [4.69, 9.17) is 0 Å². The molecular formula is C39H22. The Morgan fingerprint density at radius 3 is 1.82 bits per heavy atom. The summed E-state index contributed by atoms with van der Waals surface area (Å²) in [5, 5.41) is 19.1. The first-order chi connectivity index (χ1) is 19.3. The first-order valence-electron chi connectivity index (χ1n) is 13.8. The molecule has 0 saturated carbocycles. The molecule has 1 aliphatic rings. The maximum atomic E-state index is 2.51. The fraction of sp³-hybridized carbons (Fsp3) is 0.0256. The lowest BCUT2D eigenvalue weighted by atomic mass is 9.76. The molecular weight excluding hydrogens is 468 g/mol. The maximum absolute atomic E-state index is 2.51. The molecule has 178 valence electrons. The zero-order valence-corrected chi connectivity index (χ0v) is 21.3. The Morgan fingerprint density at radius 1 is 0.359 bits per heavy atom. The normalized spacial score (nSPS) is 13.0. The molecule has 1 aliphatic carbocycles. The summed E-state index contributed by atoms with van der Waals surface area (Å²) in [5.41, 5.74) is 5.71. The van der Waals surface area contributed by atoms with Crippen LogP contribution in [0.1, 0.15) is 11.1 Å². The van der Waals surface area contributed by atoms with Crippen molar-refractivity contribution in [3.63, 3.8) is 0 Å². The van der Waals surface area contributed by atoms with E-state index >= 15 is 0 Å². The first kappa shape index (κ1) is 20.1. The highest BCUT2D eigenvalue weighted by molar-refractivity contribution is 6.38. The van der Waals surface area contributed by atoms with Crippen LogP contribution < -0.4 is 0 Å². The summed E-state index contributed by atoms with van der Waals surface area (Å²) in [7, 11) is 0. The Hall–Kier alpha value is -4.94. The topological polar surface area (TPSA) is 0 Å². The molecule has 0 bridgehead atoms. The van der Waals surface area contributed by atoms with Crippen LogP contribution in [0, 0.1) is 0 Å². The van der Waals surface area contributed by atoms with Crippen LogP contribution in [-0.4, -0.2) is 0 Å². The smallest absolute Gasteiger partial charge is 0.000683 e. The summed E-state index contributed by atoms with van der Waals surface area (Å²) in [6.07, 6.45) is 0.959. The summed E-state index contributed by atoms with van der Waals surface area (Å²) in [6.45, 7) is 0. The van der Waals surface area contributed by atoms with E-state index < -0.39 is 0 Å². The quantitative estimate of drug-likeness (QED) is 0.146. The van der Waals surface area contributed by atoms with Crippen LogP contribution in [-0.2, 0) is 6.42 Å². The van der Waals surface area contributed by atoms with E-state index in [0.717, 1.165) is 6.42 Å². The minimum Gasteiger partial charge on any atom is -0.0616 e. The second-order valence-corrected chi connectivity index (χ2v) is 11.2. The van der Waals surface area contributed by atoms with E-state index in [1.807, 2.05) is 0 Å². The Kier molecular flexibility index (Phi) is 3.56. The summed E-state index contributed by atoms with van der Waals surface area (Å²) in [6, 6.07) is 45.7. The van der Waals surface area contributed by atoms with Crippen LogP contribution in [0.4, 0.5) is 0 Å². The van der Waals surface area contributed by atoms with E-state index in [1.54, 1.807) is 0 Å². The summed E-state index contributed by atoms with van der Waals surface area (Å²) < 4.78 is 0. The molecule has 0 heterocycles. The van der Waals surface area contributed by atoms with E-state index in [2.05, 4.69) is 121 Å². The molecule has 0 atom stereocenters. The van der Waals surface area contributed by atoms with Gasteiger partial charge in [-0.3, -0.25) is 0 Å². The molecule has 9 aromatic rings.